The minimum Gasteiger partial charge on any atom is -0.233 e. The van der Waals surface area contributed by atoms with E-state index in [9.17, 15) is 0 Å². The van der Waals surface area contributed by atoms with E-state index in [4.69, 9.17) is 9.97 Å². The van der Waals surface area contributed by atoms with Crippen LogP contribution in [0.1, 0.15) is 62.0 Å². The summed E-state index contributed by atoms with van der Waals surface area (Å²) in [4.78, 5) is 9.44. The van der Waals surface area contributed by atoms with Gasteiger partial charge in [0.15, 0.2) is 5.82 Å². The molecule has 110 valence electrons. The third-order valence-electron chi connectivity index (χ3n) is 4.74. The van der Waals surface area contributed by atoms with Gasteiger partial charge in [-0.3, -0.25) is 0 Å². The molecule has 21 heavy (non-hydrogen) atoms. The first kappa shape index (κ1) is 14.2. The molecule has 0 unspecified atom stereocenters. The Kier molecular flexibility index (Phi) is 3.35. The number of aryl methyl sites for hydroxylation is 2. The second kappa shape index (κ2) is 4.94. The number of nitrogens with zero attached hydrogens (tertiary/aromatic N) is 2. The molecule has 1 saturated carbocycles. The zero-order valence-corrected chi connectivity index (χ0v) is 13.7. The lowest BCUT2D eigenvalue weighted by Crippen LogP contribution is -2.04. The third kappa shape index (κ3) is 2.59. The summed E-state index contributed by atoms with van der Waals surface area (Å²) in [6.07, 6.45) is 2.62. The maximum atomic E-state index is 4.72. The van der Waals surface area contributed by atoms with Crippen LogP contribution in [0.25, 0.3) is 11.4 Å². The predicted octanol–water partition coefficient (Wildman–Crippen LogP) is 4.94. The minimum absolute atomic E-state index is 0.423. The Morgan fingerprint density at radius 1 is 0.952 bits per heavy atom. The average Bonchev–Trinajstić information content (AvgIpc) is 3.17. The molecule has 0 aliphatic heterocycles. The first-order chi connectivity index (χ1) is 9.90. The summed E-state index contributed by atoms with van der Waals surface area (Å²) in [6.45, 7) is 10.9. The molecule has 1 aliphatic carbocycles. The Hall–Kier alpha value is -1.70. The Balaban J connectivity index is 1.97. The molecule has 3 rings (SSSR count). The molecule has 0 saturated heterocycles. The second-order valence-corrected chi connectivity index (χ2v) is 6.92. The third-order valence-corrected chi connectivity index (χ3v) is 4.74. The summed E-state index contributed by atoms with van der Waals surface area (Å²) in [5.74, 6) is 1.32. The van der Waals surface area contributed by atoms with Gasteiger partial charge in [-0.05, 0) is 49.1 Å². The van der Waals surface area contributed by atoms with E-state index in [1.807, 2.05) is 0 Å². The minimum atomic E-state index is 0.423. The van der Waals surface area contributed by atoms with Crippen LogP contribution in [0, 0.1) is 13.8 Å². The molecule has 1 heterocycles. The average molecular weight is 280 g/mol. The highest BCUT2D eigenvalue weighted by Crippen LogP contribution is 2.47. The van der Waals surface area contributed by atoms with E-state index in [1.165, 1.54) is 24.0 Å². The maximum Gasteiger partial charge on any atom is 0.159 e. The summed E-state index contributed by atoms with van der Waals surface area (Å²) in [6, 6.07) is 8.82. The molecule has 1 aliphatic rings. The molecule has 0 amide bonds. The van der Waals surface area contributed by atoms with Crippen molar-refractivity contribution < 1.29 is 0 Å². The van der Waals surface area contributed by atoms with Gasteiger partial charge in [0.1, 0.15) is 0 Å². The summed E-state index contributed by atoms with van der Waals surface area (Å²) >= 11 is 0. The maximum absolute atomic E-state index is 4.72. The van der Waals surface area contributed by atoms with Gasteiger partial charge in [-0.1, -0.05) is 45.0 Å². The van der Waals surface area contributed by atoms with Crippen LogP contribution in [0.15, 0.2) is 24.3 Å². The molecular formula is C19H24N2. The Morgan fingerprint density at radius 3 is 1.90 bits per heavy atom. The molecule has 0 spiro atoms. The first-order valence-corrected chi connectivity index (χ1v) is 7.87. The molecule has 1 aromatic carbocycles. The van der Waals surface area contributed by atoms with Crippen LogP contribution in [0.4, 0.5) is 0 Å². The lowest BCUT2D eigenvalue weighted by molar-refractivity contribution is 0.787. The number of hydrogen-bond acceptors (Lipinski definition) is 2. The van der Waals surface area contributed by atoms with E-state index in [0.717, 1.165) is 22.8 Å². The van der Waals surface area contributed by atoms with Crippen molar-refractivity contribution in [1.29, 1.82) is 0 Å². The van der Waals surface area contributed by atoms with Crippen LogP contribution < -0.4 is 0 Å². The second-order valence-electron chi connectivity index (χ2n) is 6.92. The van der Waals surface area contributed by atoms with Crippen molar-refractivity contribution in [2.75, 3.05) is 0 Å². The number of rotatable bonds is 3. The van der Waals surface area contributed by atoms with Crippen LogP contribution in [-0.4, -0.2) is 9.97 Å². The number of hydrogen-bond donors (Lipinski definition) is 0. The highest BCUT2D eigenvalue weighted by Gasteiger charge is 2.38. The van der Waals surface area contributed by atoms with Crippen LogP contribution in [0.2, 0.25) is 0 Å². The molecule has 0 bridgehead atoms. The van der Waals surface area contributed by atoms with Crippen molar-refractivity contribution in [3.8, 4) is 11.4 Å². The van der Waals surface area contributed by atoms with Gasteiger partial charge in [0.05, 0.1) is 0 Å². The lowest BCUT2D eigenvalue weighted by Gasteiger charge is -2.14. The van der Waals surface area contributed by atoms with Gasteiger partial charge in [-0.2, -0.15) is 0 Å². The highest BCUT2D eigenvalue weighted by atomic mass is 14.9. The van der Waals surface area contributed by atoms with Crippen molar-refractivity contribution in [2.45, 2.75) is 58.8 Å². The fraction of sp³-hybridized carbons (Fsp3) is 0.474. The Labute approximate surface area is 127 Å². The fourth-order valence-electron chi connectivity index (χ4n) is 3.19. The van der Waals surface area contributed by atoms with Gasteiger partial charge in [0.2, 0.25) is 0 Å². The molecule has 0 radical (unpaired) electrons. The van der Waals surface area contributed by atoms with E-state index < -0.39 is 0 Å². The van der Waals surface area contributed by atoms with Crippen LogP contribution >= 0.6 is 0 Å². The van der Waals surface area contributed by atoms with Crippen molar-refractivity contribution in [1.82, 2.24) is 9.97 Å². The van der Waals surface area contributed by atoms with Crippen LogP contribution in [-0.2, 0) is 5.41 Å². The summed E-state index contributed by atoms with van der Waals surface area (Å²) in [5.41, 5.74) is 6.47. The van der Waals surface area contributed by atoms with Crippen LogP contribution in [0.5, 0.6) is 0 Å². The van der Waals surface area contributed by atoms with E-state index >= 15 is 0 Å². The van der Waals surface area contributed by atoms with Crippen molar-refractivity contribution in [2.24, 2.45) is 0 Å². The van der Waals surface area contributed by atoms with E-state index in [1.54, 1.807) is 0 Å². The van der Waals surface area contributed by atoms with Crippen LogP contribution in [0.3, 0.4) is 0 Å². The summed E-state index contributed by atoms with van der Waals surface area (Å²) in [5, 5.41) is 0. The summed E-state index contributed by atoms with van der Waals surface area (Å²) in [7, 11) is 0. The molecule has 1 aromatic heterocycles. The molecule has 2 heteroatoms. The van der Waals surface area contributed by atoms with Gasteiger partial charge in [-0.25, -0.2) is 9.97 Å². The zero-order chi connectivity index (χ0) is 15.2. The molecule has 0 atom stereocenters. The van der Waals surface area contributed by atoms with Gasteiger partial charge in [0, 0.05) is 17.0 Å². The van der Waals surface area contributed by atoms with Crippen molar-refractivity contribution >= 4 is 0 Å². The lowest BCUT2D eigenvalue weighted by atomic mass is 9.96. The quantitative estimate of drug-likeness (QED) is 0.796. The largest absolute Gasteiger partial charge is 0.233 e. The molecule has 0 N–H and O–H groups in total. The van der Waals surface area contributed by atoms with E-state index in [2.05, 4.69) is 58.9 Å². The molecular weight excluding hydrogens is 256 g/mol. The topological polar surface area (TPSA) is 25.8 Å². The number of benzene rings is 1. The highest BCUT2D eigenvalue weighted by molar-refractivity contribution is 5.57. The standard InChI is InChI=1S/C19H24N2/c1-12(2)17-13(3)20-18(21-14(17)4)15-6-8-16(9-7-15)19(5)10-11-19/h6-9,12H,10-11H2,1-5H3. The molecule has 1 fully saturated rings. The summed E-state index contributed by atoms with van der Waals surface area (Å²) < 4.78 is 0. The number of aromatic nitrogens is 2. The SMILES string of the molecule is Cc1nc(-c2ccc(C3(C)CC3)cc2)nc(C)c1C(C)C. The predicted molar refractivity (Wildman–Crippen MR) is 87.6 cm³/mol. The monoisotopic (exact) mass is 280 g/mol. The Bertz CT molecular complexity index is 641. The fourth-order valence-corrected chi connectivity index (χ4v) is 3.19. The normalized spacial score (nSPS) is 16.3. The smallest absolute Gasteiger partial charge is 0.159 e. The Morgan fingerprint density at radius 2 is 1.48 bits per heavy atom. The van der Waals surface area contributed by atoms with Gasteiger partial charge in [0.25, 0.3) is 0 Å². The van der Waals surface area contributed by atoms with Crippen molar-refractivity contribution in [3.63, 3.8) is 0 Å². The van der Waals surface area contributed by atoms with Crippen molar-refractivity contribution in [3.05, 3.63) is 46.8 Å². The first-order valence-electron chi connectivity index (χ1n) is 7.87. The van der Waals surface area contributed by atoms with Gasteiger partial charge >= 0.3 is 0 Å². The molecule has 2 nitrogen and oxygen atoms in total. The zero-order valence-electron chi connectivity index (χ0n) is 13.7. The van der Waals surface area contributed by atoms with E-state index in [0.29, 0.717) is 11.3 Å². The van der Waals surface area contributed by atoms with Gasteiger partial charge in [-0.15, -0.1) is 0 Å². The molecule has 2 aromatic rings. The van der Waals surface area contributed by atoms with E-state index in [-0.39, 0.29) is 0 Å². The van der Waals surface area contributed by atoms with Gasteiger partial charge < -0.3 is 0 Å².